The molecule has 0 bridgehead atoms. The van der Waals surface area contributed by atoms with E-state index in [0.29, 0.717) is 0 Å². The maximum Gasteiger partial charge on any atom is 0.160 e. The van der Waals surface area contributed by atoms with Crippen molar-refractivity contribution < 1.29 is 5.11 Å². The number of aromatic nitrogens is 3. The van der Waals surface area contributed by atoms with E-state index in [-0.39, 0.29) is 6.61 Å². The van der Waals surface area contributed by atoms with Crippen LogP contribution in [0.2, 0.25) is 0 Å². The number of aliphatic hydroxyl groups is 1. The van der Waals surface area contributed by atoms with Crippen LogP contribution in [0.3, 0.4) is 0 Å². The topological polar surface area (TPSA) is 76.4 Å². The summed E-state index contributed by atoms with van der Waals surface area (Å²) in [6.07, 6.45) is 3.56. The Labute approximate surface area is 87.6 Å². The largest absolute Gasteiger partial charge is 0.394 e. The molecule has 5 nitrogen and oxygen atoms in total. The fourth-order valence-corrected chi connectivity index (χ4v) is 1.46. The van der Waals surface area contributed by atoms with Crippen LogP contribution in [-0.4, -0.2) is 26.3 Å². The van der Waals surface area contributed by atoms with Gasteiger partial charge >= 0.3 is 0 Å². The number of nitrogens with two attached hydrogens (primary N) is 1. The molecule has 5 heteroatoms. The first-order chi connectivity index (χ1) is 7.13. The molecule has 15 heavy (non-hydrogen) atoms. The Hall–Kier alpha value is -1.46. The van der Waals surface area contributed by atoms with Gasteiger partial charge in [-0.3, -0.25) is 0 Å². The molecule has 80 valence electrons. The molecule has 0 fully saturated rings. The van der Waals surface area contributed by atoms with E-state index < -0.39 is 6.04 Å². The molecule has 0 saturated carbocycles. The number of hydrogen-bond acceptors (Lipinski definition) is 4. The lowest BCUT2D eigenvalue weighted by atomic mass is 10.2. The minimum Gasteiger partial charge on any atom is -0.394 e. The molecule has 0 aliphatic heterocycles. The molecule has 0 amide bonds. The van der Waals surface area contributed by atoms with Gasteiger partial charge in [0, 0.05) is 17.5 Å². The van der Waals surface area contributed by atoms with Crippen molar-refractivity contribution in [1.82, 2.24) is 14.6 Å². The standard InChI is InChI=1S/C10H14N4O/c1-6-4-14-10(13-7(6)2)8(3-12-14)9(11)5-15/h3-4,9,15H,5,11H2,1-2H3. The SMILES string of the molecule is Cc1cn2ncc(C(N)CO)c2nc1C. The van der Waals surface area contributed by atoms with Crippen molar-refractivity contribution in [2.24, 2.45) is 5.73 Å². The van der Waals surface area contributed by atoms with Crippen molar-refractivity contribution in [3.05, 3.63) is 29.2 Å². The highest BCUT2D eigenvalue weighted by Crippen LogP contribution is 2.16. The van der Waals surface area contributed by atoms with Gasteiger partial charge in [-0.2, -0.15) is 5.10 Å². The zero-order valence-corrected chi connectivity index (χ0v) is 8.81. The average molecular weight is 206 g/mol. The van der Waals surface area contributed by atoms with Crippen LogP contribution >= 0.6 is 0 Å². The Morgan fingerprint density at radius 2 is 2.27 bits per heavy atom. The molecule has 0 aromatic carbocycles. The Morgan fingerprint density at radius 1 is 1.53 bits per heavy atom. The molecule has 1 unspecified atom stereocenters. The lowest BCUT2D eigenvalue weighted by Gasteiger charge is -2.06. The summed E-state index contributed by atoms with van der Waals surface area (Å²) in [6, 6.07) is -0.419. The minimum absolute atomic E-state index is 0.101. The molecular weight excluding hydrogens is 192 g/mol. The monoisotopic (exact) mass is 206 g/mol. The van der Waals surface area contributed by atoms with E-state index in [9.17, 15) is 0 Å². The molecule has 0 radical (unpaired) electrons. The van der Waals surface area contributed by atoms with Gasteiger partial charge in [0.15, 0.2) is 5.65 Å². The normalized spacial score (nSPS) is 13.3. The number of aliphatic hydroxyl groups excluding tert-OH is 1. The van der Waals surface area contributed by atoms with E-state index >= 15 is 0 Å². The van der Waals surface area contributed by atoms with Crippen LogP contribution in [0, 0.1) is 13.8 Å². The van der Waals surface area contributed by atoms with Crippen molar-refractivity contribution in [2.75, 3.05) is 6.61 Å². The fourth-order valence-electron chi connectivity index (χ4n) is 1.46. The molecule has 2 rings (SSSR count). The summed E-state index contributed by atoms with van der Waals surface area (Å²) < 4.78 is 1.69. The summed E-state index contributed by atoms with van der Waals surface area (Å²) in [4.78, 5) is 4.41. The van der Waals surface area contributed by atoms with E-state index in [1.165, 1.54) is 0 Å². The van der Waals surface area contributed by atoms with Crippen LogP contribution in [0.4, 0.5) is 0 Å². The van der Waals surface area contributed by atoms with Crippen LogP contribution in [0.25, 0.3) is 5.65 Å². The van der Waals surface area contributed by atoms with Crippen molar-refractivity contribution in [1.29, 1.82) is 0 Å². The second kappa shape index (κ2) is 3.60. The molecule has 2 heterocycles. The molecular formula is C10H14N4O. The maximum absolute atomic E-state index is 9.00. The van der Waals surface area contributed by atoms with E-state index in [1.54, 1.807) is 10.7 Å². The van der Waals surface area contributed by atoms with Crippen molar-refractivity contribution in [3.8, 4) is 0 Å². The van der Waals surface area contributed by atoms with Gasteiger partial charge in [0.2, 0.25) is 0 Å². The smallest absolute Gasteiger partial charge is 0.160 e. The van der Waals surface area contributed by atoms with Crippen molar-refractivity contribution >= 4 is 5.65 Å². The highest BCUT2D eigenvalue weighted by atomic mass is 16.3. The third-order valence-corrected chi connectivity index (χ3v) is 2.55. The summed E-state index contributed by atoms with van der Waals surface area (Å²) in [7, 11) is 0. The van der Waals surface area contributed by atoms with Gasteiger partial charge in [-0.05, 0) is 19.4 Å². The third-order valence-electron chi connectivity index (χ3n) is 2.55. The highest BCUT2D eigenvalue weighted by molar-refractivity contribution is 5.49. The van der Waals surface area contributed by atoms with E-state index in [1.807, 2.05) is 20.0 Å². The Kier molecular flexibility index (Phi) is 2.42. The van der Waals surface area contributed by atoms with Crippen LogP contribution in [0.1, 0.15) is 22.9 Å². The zero-order valence-electron chi connectivity index (χ0n) is 8.81. The molecule has 2 aromatic rings. The van der Waals surface area contributed by atoms with Crippen molar-refractivity contribution in [3.63, 3.8) is 0 Å². The van der Waals surface area contributed by atoms with Gasteiger partial charge in [-0.1, -0.05) is 0 Å². The van der Waals surface area contributed by atoms with Gasteiger partial charge in [0.1, 0.15) is 0 Å². The van der Waals surface area contributed by atoms with Gasteiger partial charge in [0.25, 0.3) is 0 Å². The molecule has 1 atom stereocenters. The lowest BCUT2D eigenvalue weighted by Crippen LogP contribution is -2.14. The van der Waals surface area contributed by atoms with Crippen LogP contribution in [0.5, 0.6) is 0 Å². The van der Waals surface area contributed by atoms with Gasteiger partial charge in [-0.15, -0.1) is 0 Å². The molecule has 2 aromatic heterocycles. The third kappa shape index (κ3) is 1.60. The summed E-state index contributed by atoms with van der Waals surface area (Å²) >= 11 is 0. The van der Waals surface area contributed by atoms with Gasteiger partial charge in [0.05, 0.1) is 18.8 Å². The van der Waals surface area contributed by atoms with E-state index in [0.717, 1.165) is 22.5 Å². The number of hydrogen-bond donors (Lipinski definition) is 2. The summed E-state index contributed by atoms with van der Waals surface area (Å²) in [5.41, 5.74) is 9.28. The molecule has 0 aliphatic carbocycles. The summed E-state index contributed by atoms with van der Waals surface area (Å²) in [5.74, 6) is 0. The van der Waals surface area contributed by atoms with E-state index in [4.69, 9.17) is 10.8 Å². The quantitative estimate of drug-likeness (QED) is 0.742. The zero-order chi connectivity index (χ0) is 11.0. The Morgan fingerprint density at radius 3 is 2.93 bits per heavy atom. The number of nitrogens with zero attached hydrogens (tertiary/aromatic N) is 3. The lowest BCUT2D eigenvalue weighted by molar-refractivity contribution is 0.268. The predicted molar refractivity (Wildman–Crippen MR) is 56.5 cm³/mol. The fraction of sp³-hybridized carbons (Fsp3) is 0.400. The molecule has 0 saturated heterocycles. The Balaban J connectivity index is 2.64. The van der Waals surface area contributed by atoms with Crippen molar-refractivity contribution in [2.45, 2.75) is 19.9 Å². The first-order valence-electron chi connectivity index (χ1n) is 4.81. The number of aryl methyl sites for hydroxylation is 2. The molecule has 0 aliphatic rings. The van der Waals surface area contributed by atoms with Gasteiger partial charge in [-0.25, -0.2) is 9.50 Å². The number of rotatable bonds is 2. The average Bonchev–Trinajstić information content (AvgIpc) is 2.61. The first-order valence-corrected chi connectivity index (χ1v) is 4.81. The van der Waals surface area contributed by atoms with E-state index in [2.05, 4.69) is 10.1 Å². The van der Waals surface area contributed by atoms with Crippen LogP contribution in [-0.2, 0) is 0 Å². The number of fused-ring (bicyclic) bond motifs is 1. The highest BCUT2D eigenvalue weighted by Gasteiger charge is 2.13. The maximum atomic E-state index is 9.00. The molecule has 3 N–H and O–H groups in total. The van der Waals surface area contributed by atoms with Crippen LogP contribution in [0.15, 0.2) is 12.4 Å². The summed E-state index contributed by atoms with van der Waals surface area (Å²) in [5, 5.41) is 13.2. The predicted octanol–water partition coefficient (Wildman–Crippen LogP) is 0.338. The molecule has 0 spiro atoms. The Bertz CT molecular complexity index is 491. The van der Waals surface area contributed by atoms with Gasteiger partial charge < -0.3 is 10.8 Å². The minimum atomic E-state index is -0.419. The first kappa shape index (κ1) is 10.1. The second-order valence-corrected chi connectivity index (χ2v) is 3.67. The van der Waals surface area contributed by atoms with Crippen LogP contribution < -0.4 is 5.73 Å². The second-order valence-electron chi connectivity index (χ2n) is 3.67. The summed E-state index contributed by atoms with van der Waals surface area (Å²) in [6.45, 7) is 3.82.